The molecule has 0 aromatic rings. The van der Waals surface area contributed by atoms with Crippen LogP contribution in [0.25, 0.3) is 0 Å². The lowest BCUT2D eigenvalue weighted by Crippen LogP contribution is -2.63. The Morgan fingerprint density at radius 1 is 1.43 bits per heavy atom. The van der Waals surface area contributed by atoms with Crippen molar-refractivity contribution in [2.75, 3.05) is 6.61 Å². The third-order valence-corrected chi connectivity index (χ3v) is 1.71. The zero-order valence-corrected chi connectivity index (χ0v) is 6.92. The van der Waals surface area contributed by atoms with E-state index in [1.54, 1.807) is 0 Å². The summed E-state index contributed by atoms with van der Waals surface area (Å²) in [6.45, 7) is -1.18. The fraction of sp³-hybridized carbons (Fsp3) is 0.667. The van der Waals surface area contributed by atoms with E-state index in [1.165, 1.54) is 0 Å². The first-order valence-electron chi connectivity index (χ1n) is 3.47. The van der Waals surface area contributed by atoms with E-state index in [0.29, 0.717) is 0 Å². The molecule has 0 aromatic carbocycles. The number of rotatable bonds is 5. The average Bonchev–Trinajstić information content (AvgIpc) is 2.13. The Balaban J connectivity index is 5.09. The quantitative estimate of drug-likeness (QED) is 0.298. The van der Waals surface area contributed by atoms with Gasteiger partial charge < -0.3 is 26.2 Å². The normalized spacial score (nSPS) is 19.5. The van der Waals surface area contributed by atoms with Crippen molar-refractivity contribution >= 4 is 11.9 Å². The van der Waals surface area contributed by atoms with Crippen LogP contribution in [0.4, 0.5) is 4.39 Å². The number of hydrogen-bond acceptors (Lipinski definition) is 6. The maximum Gasteiger partial charge on any atom is 0.333 e. The number of carbonyl (C=O) groups is 2. The number of halogens is 1. The molecule has 0 saturated carbocycles. The standard InChI is InChI=1S/C6H10FNO6/c7-4(12)3(11)6(14,5(8)13)2(10)1-9/h2-3,9-11,14H,1H2,(H2,8,13). The summed E-state index contributed by atoms with van der Waals surface area (Å²) < 4.78 is 12.0. The highest BCUT2D eigenvalue weighted by Crippen LogP contribution is 2.17. The summed E-state index contributed by atoms with van der Waals surface area (Å²) in [4.78, 5) is 20.6. The van der Waals surface area contributed by atoms with Crippen LogP contribution in [0, 0.1) is 0 Å². The molecule has 8 heteroatoms. The average molecular weight is 211 g/mol. The van der Waals surface area contributed by atoms with Gasteiger partial charge in [0.05, 0.1) is 6.61 Å². The number of carbonyl (C=O) groups excluding carboxylic acids is 2. The largest absolute Gasteiger partial charge is 0.394 e. The monoisotopic (exact) mass is 211 g/mol. The van der Waals surface area contributed by atoms with Crippen LogP contribution in [0.1, 0.15) is 0 Å². The minimum atomic E-state index is -3.24. The SMILES string of the molecule is NC(=O)C(O)(C(O)CO)C(O)C(=O)F. The fourth-order valence-corrected chi connectivity index (χ4v) is 0.793. The summed E-state index contributed by atoms with van der Waals surface area (Å²) >= 11 is 0. The zero-order valence-electron chi connectivity index (χ0n) is 6.92. The summed E-state index contributed by atoms with van der Waals surface area (Å²) in [6, 6.07) is -2.45. The summed E-state index contributed by atoms with van der Waals surface area (Å²) in [5.41, 5.74) is 1.31. The van der Waals surface area contributed by atoms with Crippen LogP contribution < -0.4 is 5.73 Å². The lowest BCUT2D eigenvalue weighted by Gasteiger charge is -2.30. The fourth-order valence-electron chi connectivity index (χ4n) is 0.793. The molecule has 0 aliphatic rings. The maximum absolute atomic E-state index is 12.0. The first-order valence-corrected chi connectivity index (χ1v) is 3.47. The van der Waals surface area contributed by atoms with E-state index in [9.17, 15) is 19.1 Å². The number of amides is 1. The second kappa shape index (κ2) is 4.42. The number of primary amides is 1. The lowest BCUT2D eigenvalue weighted by atomic mass is 9.90. The molecule has 0 rings (SSSR count). The molecule has 0 saturated heterocycles. The van der Waals surface area contributed by atoms with Crippen molar-refractivity contribution in [3.8, 4) is 0 Å². The van der Waals surface area contributed by atoms with Crippen LogP contribution in [-0.4, -0.2) is 56.8 Å². The molecule has 0 fully saturated rings. The van der Waals surface area contributed by atoms with Gasteiger partial charge in [-0.05, 0) is 0 Å². The predicted molar refractivity (Wildman–Crippen MR) is 39.4 cm³/mol. The molecule has 0 heterocycles. The Kier molecular flexibility index (Phi) is 4.08. The van der Waals surface area contributed by atoms with Gasteiger partial charge in [-0.25, -0.2) is 0 Å². The van der Waals surface area contributed by atoms with E-state index in [4.69, 9.17) is 15.3 Å². The van der Waals surface area contributed by atoms with Gasteiger partial charge in [0.2, 0.25) is 5.60 Å². The van der Waals surface area contributed by atoms with Crippen LogP contribution in [0.2, 0.25) is 0 Å². The van der Waals surface area contributed by atoms with Crippen LogP contribution in [0.15, 0.2) is 0 Å². The van der Waals surface area contributed by atoms with E-state index < -0.39 is 36.4 Å². The minimum Gasteiger partial charge on any atom is -0.394 e. The maximum atomic E-state index is 12.0. The van der Waals surface area contributed by atoms with Gasteiger partial charge in [0.15, 0.2) is 6.10 Å². The minimum absolute atomic E-state index is 1.18. The number of nitrogens with two attached hydrogens (primary N) is 1. The second-order valence-corrected chi connectivity index (χ2v) is 2.59. The van der Waals surface area contributed by atoms with Crippen LogP contribution in [0.3, 0.4) is 0 Å². The van der Waals surface area contributed by atoms with Crippen LogP contribution in [-0.2, 0) is 9.59 Å². The van der Waals surface area contributed by atoms with Crippen molar-refractivity contribution < 1.29 is 34.4 Å². The Hall–Kier alpha value is -1.09. The molecule has 1 amide bonds. The van der Waals surface area contributed by atoms with Crippen molar-refractivity contribution in [1.82, 2.24) is 0 Å². The number of hydrogen-bond donors (Lipinski definition) is 5. The Labute approximate surface area is 77.6 Å². The molecule has 7 nitrogen and oxygen atoms in total. The molecule has 0 aliphatic carbocycles. The highest BCUT2D eigenvalue weighted by Gasteiger charge is 2.51. The molecule has 3 unspecified atom stereocenters. The third kappa shape index (κ3) is 2.04. The highest BCUT2D eigenvalue weighted by atomic mass is 19.1. The summed E-state index contributed by atoms with van der Waals surface area (Å²) in [5.74, 6) is -1.72. The molecule has 6 N–H and O–H groups in total. The summed E-state index contributed by atoms with van der Waals surface area (Å²) in [7, 11) is 0. The Morgan fingerprint density at radius 2 is 1.86 bits per heavy atom. The van der Waals surface area contributed by atoms with E-state index in [0.717, 1.165) is 0 Å². The van der Waals surface area contributed by atoms with Crippen molar-refractivity contribution in [3.05, 3.63) is 0 Å². The van der Waals surface area contributed by atoms with Crippen molar-refractivity contribution in [2.24, 2.45) is 5.73 Å². The second-order valence-electron chi connectivity index (χ2n) is 2.59. The van der Waals surface area contributed by atoms with E-state index in [2.05, 4.69) is 5.73 Å². The van der Waals surface area contributed by atoms with Crippen LogP contribution >= 0.6 is 0 Å². The summed E-state index contributed by atoms with van der Waals surface area (Å²) in [5, 5.41) is 35.2. The van der Waals surface area contributed by atoms with Gasteiger partial charge in [-0.2, -0.15) is 4.39 Å². The molecule has 0 spiro atoms. The number of aliphatic hydroxyl groups is 4. The molecule has 14 heavy (non-hydrogen) atoms. The van der Waals surface area contributed by atoms with Gasteiger partial charge in [0.25, 0.3) is 5.91 Å². The van der Waals surface area contributed by atoms with Crippen molar-refractivity contribution in [1.29, 1.82) is 0 Å². The van der Waals surface area contributed by atoms with Gasteiger partial charge in [-0.3, -0.25) is 9.59 Å². The Morgan fingerprint density at radius 3 is 2.07 bits per heavy atom. The molecular formula is C6H10FNO6. The molecule has 0 radical (unpaired) electrons. The van der Waals surface area contributed by atoms with Gasteiger partial charge in [-0.1, -0.05) is 0 Å². The first-order chi connectivity index (χ1) is 6.28. The third-order valence-electron chi connectivity index (χ3n) is 1.71. The van der Waals surface area contributed by atoms with Gasteiger partial charge in [0.1, 0.15) is 6.10 Å². The van der Waals surface area contributed by atoms with Crippen molar-refractivity contribution in [2.45, 2.75) is 17.8 Å². The van der Waals surface area contributed by atoms with Crippen LogP contribution in [0.5, 0.6) is 0 Å². The van der Waals surface area contributed by atoms with E-state index in [-0.39, 0.29) is 0 Å². The smallest absolute Gasteiger partial charge is 0.333 e. The topological polar surface area (TPSA) is 141 Å². The Bertz CT molecular complexity index is 246. The highest BCUT2D eigenvalue weighted by molar-refractivity contribution is 5.91. The van der Waals surface area contributed by atoms with E-state index in [1.807, 2.05) is 0 Å². The lowest BCUT2D eigenvalue weighted by molar-refractivity contribution is -0.186. The van der Waals surface area contributed by atoms with E-state index >= 15 is 0 Å². The number of aliphatic hydroxyl groups excluding tert-OH is 3. The molecule has 82 valence electrons. The molecule has 3 atom stereocenters. The predicted octanol–water partition coefficient (Wildman–Crippen LogP) is -3.59. The zero-order chi connectivity index (χ0) is 11.5. The molecule has 0 bridgehead atoms. The first kappa shape index (κ1) is 12.9. The molecular weight excluding hydrogens is 201 g/mol. The molecule has 0 aromatic heterocycles. The van der Waals surface area contributed by atoms with Gasteiger partial charge in [0, 0.05) is 0 Å². The molecule has 0 aliphatic heterocycles. The summed E-state index contributed by atoms with van der Waals surface area (Å²) in [6.07, 6.45) is -5.09. The van der Waals surface area contributed by atoms with Gasteiger partial charge in [-0.15, -0.1) is 0 Å². The van der Waals surface area contributed by atoms with Gasteiger partial charge >= 0.3 is 6.04 Å². The van der Waals surface area contributed by atoms with Crippen molar-refractivity contribution in [3.63, 3.8) is 0 Å².